The molecule has 17 heavy (non-hydrogen) atoms. The fourth-order valence-electron chi connectivity index (χ4n) is 1.24. The van der Waals surface area contributed by atoms with Crippen LogP contribution >= 0.6 is 12.4 Å². The Labute approximate surface area is 104 Å². The van der Waals surface area contributed by atoms with Crippen molar-refractivity contribution >= 4 is 18.4 Å². The number of pyridine rings is 1. The lowest BCUT2D eigenvalue weighted by molar-refractivity contribution is 0.0693. The van der Waals surface area contributed by atoms with Crippen molar-refractivity contribution in [2.75, 3.05) is 0 Å². The molecule has 2 rings (SSSR count). The standard InChI is InChI=1S/C12H9NO3.ClH/c14-12(15)10-7-4-8-13-11(10)16-9-5-2-1-3-6-9;/h1-8H,(H,14,15);1H. The number of carbonyl (C=O) groups is 1. The number of carboxylic acids is 1. The van der Waals surface area contributed by atoms with Crippen molar-refractivity contribution < 1.29 is 14.6 Å². The van der Waals surface area contributed by atoms with Gasteiger partial charge in [-0.2, -0.15) is 0 Å². The maximum Gasteiger partial charge on any atom is 0.341 e. The van der Waals surface area contributed by atoms with Crippen LogP contribution in [-0.4, -0.2) is 16.1 Å². The second-order valence-corrected chi connectivity index (χ2v) is 3.08. The molecule has 0 saturated heterocycles. The minimum absolute atomic E-state index is 0. The summed E-state index contributed by atoms with van der Waals surface area (Å²) in [4.78, 5) is 14.8. The topological polar surface area (TPSA) is 59.4 Å². The molecule has 1 aromatic heterocycles. The second-order valence-electron chi connectivity index (χ2n) is 3.08. The van der Waals surface area contributed by atoms with E-state index in [1.165, 1.54) is 12.3 Å². The molecule has 0 bridgehead atoms. The predicted molar refractivity (Wildman–Crippen MR) is 65.0 cm³/mol. The number of para-hydroxylation sites is 1. The van der Waals surface area contributed by atoms with Crippen LogP contribution in [0.15, 0.2) is 48.7 Å². The lowest BCUT2D eigenvalue weighted by Crippen LogP contribution is -2.01. The Bertz CT molecular complexity index is 502. The van der Waals surface area contributed by atoms with Gasteiger partial charge in [-0.1, -0.05) is 18.2 Å². The summed E-state index contributed by atoms with van der Waals surface area (Å²) in [5.74, 6) is -0.399. The van der Waals surface area contributed by atoms with E-state index in [1.54, 1.807) is 30.3 Å². The zero-order valence-electron chi connectivity index (χ0n) is 8.74. The van der Waals surface area contributed by atoms with Crippen molar-refractivity contribution in [3.63, 3.8) is 0 Å². The van der Waals surface area contributed by atoms with Crippen LogP contribution in [0, 0.1) is 0 Å². The minimum Gasteiger partial charge on any atom is -0.477 e. The van der Waals surface area contributed by atoms with Crippen LogP contribution in [-0.2, 0) is 0 Å². The monoisotopic (exact) mass is 251 g/mol. The molecule has 0 atom stereocenters. The van der Waals surface area contributed by atoms with Gasteiger partial charge < -0.3 is 9.84 Å². The molecule has 1 heterocycles. The average molecular weight is 252 g/mol. The van der Waals surface area contributed by atoms with Crippen molar-refractivity contribution in [1.29, 1.82) is 0 Å². The number of carboxylic acid groups (broad SMARTS) is 1. The molecular weight excluding hydrogens is 242 g/mol. The number of aromatic carboxylic acids is 1. The number of aromatic nitrogens is 1. The highest BCUT2D eigenvalue weighted by Crippen LogP contribution is 2.22. The molecule has 0 fully saturated rings. The SMILES string of the molecule is Cl.O=C(O)c1cccnc1Oc1ccccc1. The Morgan fingerprint density at radius 2 is 1.82 bits per heavy atom. The number of halogens is 1. The van der Waals surface area contributed by atoms with E-state index in [0.29, 0.717) is 5.75 Å². The highest BCUT2D eigenvalue weighted by Gasteiger charge is 2.12. The molecule has 88 valence electrons. The fraction of sp³-hybridized carbons (Fsp3) is 0. The number of rotatable bonds is 3. The molecule has 0 spiro atoms. The number of benzene rings is 1. The maximum atomic E-state index is 10.9. The van der Waals surface area contributed by atoms with Gasteiger partial charge in [-0.3, -0.25) is 0 Å². The Kier molecular flexibility index (Phi) is 4.48. The van der Waals surface area contributed by atoms with Gasteiger partial charge in [0.25, 0.3) is 0 Å². The Balaban J connectivity index is 0.00000144. The van der Waals surface area contributed by atoms with E-state index in [-0.39, 0.29) is 23.9 Å². The molecule has 4 nitrogen and oxygen atoms in total. The van der Waals surface area contributed by atoms with Crippen LogP contribution in [0.1, 0.15) is 10.4 Å². The summed E-state index contributed by atoms with van der Waals surface area (Å²) in [5, 5.41) is 8.92. The highest BCUT2D eigenvalue weighted by atomic mass is 35.5. The molecule has 0 aliphatic carbocycles. The molecule has 2 aromatic rings. The Morgan fingerprint density at radius 3 is 2.47 bits per heavy atom. The molecule has 1 aromatic carbocycles. The van der Waals surface area contributed by atoms with Gasteiger partial charge in [0.15, 0.2) is 0 Å². The van der Waals surface area contributed by atoms with E-state index < -0.39 is 5.97 Å². The van der Waals surface area contributed by atoms with Crippen LogP contribution in [0.3, 0.4) is 0 Å². The van der Waals surface area contributed by atoms with Gasteiger partial charge in [0.05, 0.1) is 0 Å². The predicted octanol–water partition coefficient (Wildman–Crippen LogP) is 2.99. The van der Waals surface area contributed by atoms with Crippen molar-refractivity contribution in [2.45, 2.75) is 0 Å². The third kappa shape index (κ3) is 3.19. The summed E-state index contributed by atoms with van der Waals surface area (Å²) in [6, 6.07) is 11.9. The maximum absolute atomic E-state index is 10.9. The first-order valence-corrected chi connectivity index (χ1v) is 4.68. The number of hydrogen-bond acceptors (Lipinski definition) is 3. The zero-order chi connectivity index (χ0) is 11.4. The van der Waals surface area contributed by atoms with E-state index in [2.05, 4.69) is 4.98 Å². The quantitative estimate of drug-likeness (QED) is 0.911. The van der Waals surface area contributed by atoms with Gasteiger partial charge in [0.1, 0.15) is 11.3 Å². The first-order valence-electron chi connectivity index (χ1n) is 4.68. The van der Waals surface area contributed by atoms with Gasteiger partial charge in [0.2, 0.25) is 5.88 Å². The lowest BCUT2D eigenvalue weighted by atomic mass is 10.3. The van der Waals surface area contributed by atoms with Crippen molar-refractivity contribution in [2.24, 2.45) is 0 Å². The van der Waals surface area contributed by atoms with Gasteiger partial charge in [-0.25, -0.2) is 9.78 Å². The molecule has 0 aliphatic heterocycles. The number of nitrogens with zero attached hydrogens (tertiary/aromatic N) is 1. The first kappa shape index (κ1) is 13.0. The lowest BCUT2D eigenvalue weighted by Gasteiger charge is -2.06. The highest BCUT2D eigenvalue weighted by molar-refractivity contribution is 5.90. The third-order valence-corrected chi connectivity index (χ3v) is 1.96. The Hall–Kier alpha value is -2.07. The molecule has 1 N–H and O–H groups in total. The fourth-order valence-corrected chi connectivity index (χ4v) is 1.24. The van der Waals surface area contributed by atoms with Gasteiger partial charge in [-0.15, -0.1) is 12.4 Å². The number of hydrogen-bond donors (Lipinski definition) is 1. The Morgan fingerprint density at radius 1 is 1.12 bits per heavy atom. The summed E-state index contributed by atoms with van der Waals surface area (Å²) in [6.07, 6.45) is 1.49. The van der Waals surface area contributed by atoms with Crippen molar-refractivity contribution in [1.82, 2.24) is 4.98 Å². The molecule has 5 heteroatoms. The van der Waals surface area contributed by atoms with Gasteiger partial charge in [-0.05, 0) is 24.3 Å². The van der Waals surface area contributed by atoms with Crippen LogP contribution in [0.5, 0.6) is 11.6 Å². The molecule has 0 unspecified atom stereocenters. The molecular formula is C12H10ClNO3. The van der Waals surface area contributed by atoms with E-state index in [9.17, 15) is 4.79 Å². The largest absolute Gasteiger partial charge is 0.477 e. The molecule has 0 radical (unpaired) electrons. The van der Waals surface area contributed by atoms with E-state index in [0.717, 1.165) is 0 Å². The second kappa shape index (κ2) is 5.86. The molecule has 0 aliphatic rings. The van der Waals surface area contributed by atoms with Crippen LogP contribution in [0.2, 0.25) is 0 Å². The summed E-state index contributed by atoms with van der Waals surface area (Å²) >= 11 is 0. The third-order valence-electron chi connectivity index (χ3n) is 1.96. The van der Waals surface area contributed by atoms with E-state index >= 15 is 0 Å². The normalized spacial score (nSPS) is 9.18. The smallest absolute Gasteiger partial charge is 0.341 e. The summed E-state index contributed by atoms with van der Waals surface area (Å²) in [6.45, 7) is 0. The summed E-state index contributed by atoms with van der Waals surface area (Å²) in [5.41, 5.74) is 0.0475. The summed E-state index contributed by atoms with van der Waals surface area (Å²) < 4.78 is 5.38. The van der Waals surface area contributed by atoms with Gasteiger partial charge in [0, 0.05) is 6.20 Å². The van der Waals surface area contributed by atoms with Crippen LogP contribution in [0.25, 0.3) is 0 Å². The van der Waals surface area contributed by atoms with E-state index in [1.807, 2.05) is 6.07 Å². The number of ether oxygens (including phenoxy) is 1. The van der Waals surface area contributed by atoms with Crippen molar-refractivity contribution in [3.05, 3.63) is 54.2 Å². The molecule has 0 amide bonds. The van der Waals surface area contributed by atoms with Crippen LogP contribution < -0.4 is 4.74 Å². The van der Waals surface area contributed by atoms with E-state index in [4.69, 9.17) is 9.84 Å². The minimum atomic E-state index is -1.06. The first-order chi connectivity index (χ1) is 7.77. The van der Waals surface area contributed by atoms with Crippen LogP contribution in [0.4, 0.5) is 0 Å². The average Bonchev–Trinajstić information content (AvgIpc) is 2.31. The van der Waals surface area contributed by atoms with Crippen molar-refractivity contribution in [3.8, 4) is 11.6 Å². The zero-order valence-corrected chi connectivity index (χ0v) is 9.55. The summed E-state index contributed by atoms with van der Waals surface area (Å²) in [7, 11) is 0. The van der Waals surface area contributed by atoms with Gasteiger partial charge >= 0.3 is 5.97 Å². The molecule has 0 saturated carbocycles.